The summed E-state index contributed by atoms with van der Waals surface area (Å²) in [4.78, 5) is 23.4. The summed E-state index contributed by atoms with van der Waals surface area (Å²) >= 11 is 10.5. The zero-order chi connectivity index (χ0) is 17.4. The summed E-state index contributed by atoms with van der Waals surface area (Å²) in [6.45, 7) is 8.05. The zero-order valence-electron chi connectivity index (χ0n) is 13.5. The summed E-state index contributed by atoms with van der Waals surface area (Å²) in [5.74, 6) is -0.424. The maximum atomic E-state index is 12.2. The van der Waals surface area contributed by atoms with E-state index in [1.807, 2.05) is 6.92 Å². The number of unbranched alkanes of at least 4 members (excludes halogenated alkanes) is 2. The smallest absolute Gasteiger partial charge is 0.333 e. The van der Waals surface area contributed by atoms with Gasteiger partial charge in [0.05, 0.1) is 6.61 Å². The van der Waals surface area contributed by atoms with E-state index >= 15 is 0 Å². The van der Waals surface area contributed by atoms with E-state index in [1.165, 1.54) is 4.57 Å². The third-order valence-electron chi connectivity index (χ3n) is 3.27. The van der Waals surface area contributed by atoms with Crippen molar-refractivity contribution in [3.05, 3.63) is 33.8 Å². The summed E-state index contributed by atoms with van der Waals surface area (Å²) in [6.07, 6.45) is 4.26. The largest absolute Gasteiger partial charge is 0.462 e. The summed E-state index contributed by atoms with van der Waals surface area (Å²) in [6, 6.07) is 1.71. The Morgan fingerprint density at radius 1 is 1.26 bits per heavy atom. The second-order valence-corrected chi connectivity index (χ2v) is 5.95. The van der Waals surface area contributed by atoms with E-state index in [0.29, 0.717) is 41.0 Å². The van der Waals surface area contributed by atoms with Crippen LogP contribution in [0.1, 0.15) is 44.3 Å². The van der Waals surface area contributed by atoms with Gasteiger partial charge in [-0.1, -0.05) is 18.8 Å². The average Bonchev–Trinajstić information content (AvgIpc) is 2.50. The predicted octanol–water partition coefficient (Wildman–Crippen LogP) is 4.09. The molecule has 0 amide bonds. The summed E-state index contributed by atoms with van der Waals surface area (Å²) in [5, 5.41) is 0. The van der Waals surface area contributed by atoms with E-state index in [-0.39, 0.29) is 11.9 Å². The van der Waals surface area contributed by atoms with Crippen LogP contribution in [0.2, 0.25) is 0 Å². The number of rotatable bonds is 8. The molecule has 0 aliphatic heterocycles. The van der Waals surface area contributed by atoms with Gasteiger partial charge in [-0.15, -0.1) is 0 Å². The van der Waals surface area contributed by atoms with Crippen molar-refractivity contribution in [2.24, 2.45) is 0 Å². The molecule has 0 bridgehead atoms. The van der Waals surface area contributed by atoms with Crippen molar-refractivity contribution in [1.29, 1.82) is 0 Å². The average molecular weight is 354 g/mol. The Morgan fingerprint density at radius 3 is 2.57 bits per heavy atom. The zero-order valence-corrected chi connectivity index (χ0v) is 15.2. The minimum Gasteiger partial charge on any atom is -0.462 e. The SMILES string of the molecule is C=C(C)C(=O)OCCCCCC(=O)n1ccc(=S)n(CC)c1=S. The maximum absolute atomic E-state index is 12.2. The van der Waals surface area contributed by atoms with Gasteiger partial charge in [0.2, 0.25) is 5.91 Å². The van der Waals surface area contributed by atoms with Crippen LogP contribution in [0.4, 0.5) is 0 Å². The molecule has 23 heavy (non-hydrogen) atoms. The molecular formula is C16H22N2O3S2. The first-order valence-electron chi connectivity index (χ1n) is 7.56. The molecule has 1 aromatic rings. The van der Waals surface area contributed by atoms with Crippen LogP contribution in [-0.4, -0.2) is 27.6 Å². The number of hydrogen-bond acceptors (Lipinski definition) is 5. The maximum Gasteiger partial charge on any atom is 0.333 e. The first kappa shape index (κ1) is 19.4. The Bertz CT molecular complexity index is 704. The molecule has 0 saturated heterocycles. The van der Waals surface area contributed by atoms with Crippen molar-refractivity contribution in [2.45, 2.75) is 46.1 Å². The molecule has 1 rings (SSSR count). The predicted molar refractivity (Wildman–Crippen MR) is 94.6 cm³/mol. The monoisotopic (exact) mass is 354 g/mol. The fourth-order valence-corrected chi connectivity index (χ4v) is 2.69. The molecule has 0 saturated carbocycles. The highest BCUT2D eigenvalue weighted by Gasteiger charge is 2.07. The topological polar surface area (TPSA) is 53.2 Å². The van der Waals surface area contributed by atoms with Crippen molar-refractivity contribution in [3.63, 3.8) is 0 Å². The van der Waals surface area contributed by atoms with Crippen molar-refractivity contribution in [3.8, 4) is 0 Å². The van der Waals surface area contributed by atoms with Gasteiger partial charge in [0.25, 0.3) is 0 Å². The van der Waals surface area contributed by atoms with Gasteiger partial charge in [0.1, 0.15) is 4.64 Å². The van der Waals surface area contributed by atoms with E-state index < -0.39 is 0 Å². The van der Waals surface area contributed by atoms with Gasteiger partial charge in [-0.05, 0) is 51.4 Å². The van der Waals surface area contributed by atoms with Gasteiger partial charge in [-0.3, -0.25) is 9.36 Å². The molecule has 0 spiro atoms. The lowest BCUT2D eigenvalue weighted by molar-refractivity contribution is -0.139. The number of ether oxygens (including phenoxy) is 1. The molecule has 0 radical (unpaired) electrons. The molecule has 0 N–H and O–H groups in total. The Labute approximate surface area is 146 Å². The van der Waals surface area contributed by atoms with E-state index in [4.69, 9.17) is 29.2 Å². The first-order chi connectivity index (χ1) is 10.9. The Hall–Kier alpha value is -1.60. The number of carbonyl (C=O) groups is 2. The Balaban J connectivity index is 2.44. The quantitative estimate of drug-likeness (QED) is 0.305. The van der Waals surface area contributed by atoms with E-state index in [2.05, 4.69) is 6.58 Å². The molecule has 0 fully saturated rings. The van der Waals surface area contributed by atoms with Gasteiger partial charge < -0.3 is 9.30 Å². The second kappa shape index (κ2) is 9.52. The molecule has 0 aromatic carbocycles. The highest BCUT2D eigenvalue weighted by molar-refractivity contribution is 7.72. The Morgan fingerprint density at radius 2 is 1.96 bits per heavy atom. The Kier molecular flexibility index (Phi) is 8.05. The number of aromatic nitrogens is 2. The van der Waals surface area contributed by atoms with E-state index in [9.17, 15) is 9.59 Å². The van der Waals surface area contributed by atoms with E-state index in [1.54, 1.807) is 23.8 Å². The third kappa shape index (κ3) is 5.84. The molecule has 0 aliphatic carbocycles. The van der Waals surface area contributed by atoms with Crippen molar-refractivity contribution in [2.75, 3.05) is 6.61 Å². The van der Waals surface area contributed by atoms with Gasteiger partial charge in [-0.2, -0.15) is 0 Å². The fraction of sp³-hybridized carbons (Fsp3) is 0.500. The van der Waals surface area contributed by atoms with Crippen molar-refractivity contribution < 1.29 is 14.3 Å². The molecule has 1 heterocycles. The number of carbonyl (C=O) groups excluding carboxylic acids is 2. The molecule has 0 unspecified atom stereocenters. The van der Waals surface area contributed by atoms with Gasteiger partial charge in [0, 0.05) is 24.7 Å². The highest BCUT2D eigenvalue weighted by Crippen LogP contribution is 2.06. The summed E-state index contributed by atoms with van der Waals surface area (Å²) < 4.78 is 9.27. The van der Waals surface area contributed by atoms with E-state index in [0.717, 1.165) is 12.8 Å². The van der Waals surface area contributed by atoms with Crippen LogP contribution in [0.3, 0.4) is 0 Å². The van der Waals surface area contributed by atoms with Crippen LogP contribution < -0.4 is 0 Å². The number of hydrogen-bond donors (Lipinski definition) is 0. The van der Waals surface area contributed by atoms with Crippen LogP contribution >= 0.6 is 24.4 Å². The molecule has 0 atom stereocenters. The lowest BCUT2D eigenvalue weighted by Crippen LogP contribution is -2.16. The molecule has 1 aromatic heterocycles. The van der Waals surface area contributed by atoms with Crippen LogP contribution in [0, 0.1) is 9.41 Å². The molecule has 7 heteroatoms. The second-order valence-electron chi connectivity index (χ2n) is 5.17. The van der Waals surface area contributed by atoms with Gasteiger partial charge in [0.15, 0.2) is 4.77 Å². The van der Waals surface area contributed by atoms with Crippen LogP contribution in [0.5, 0.6) is 0 Å². The third-order valence-corrected chi connectivity index (χ3v) is 4.04. The summed E-state index contributed by atoms with van der Waals surface area (Å²) in [5.41, 5.74) is 0.393. The lowest BCUT2D eigenvalue weighted by Gasteiger charge is -2.10. The van der Waals surface area contributed by atoms with Gasteiger partial charge in [-0.25, -0.2) is 4.79 Å². The molecule has 0 aliphatic rings. The first-order valence-corrected chi connectivity index (χ1v) is 8.38. The minimum absolute atomic E-state index is 0.0499. The number of nitrogens with zero attached hydrogens (tertiary/aromatic N) is 2. The van der Waals surface area contributed by atoms with Crippen LogP contribution in [0.15, 0.2) is 24.4 Å². The fourth-order valence-electron chi connectivity index (χ4n) is 1.96. The van der Waals surface area contributed by atoms with Crippen LogP contribution in [-0.2, 0) is 16.1 Å². The standard InChI is InChI=1S/C16H22N2O3S2/c1-4-17-14(22)9-10-18(16(17)23)13(19)8-6-5-7-11-21-15(20)12(2)3/h9-10H,2,4-8,11H2,1,3H3. The normalized spacial score (nSPS) is 10.3. The minimum atomic E-state index is -0.375. The van der Waals surface area contributed by atoms with Crippen molar-refractivity contribution in [1.82, 2.24) is 9.13 Å². The highest BCUT2D eigenvalue weighted by atomic mass is 32.1. The summed E-state index contributed by atoms with van der Waals surface area (Å²) in [7, 11) is 0. The van der Waals surface area contributed by atoms with Crippen LogP contribution in [0.25, 0.3) is 0 Å². The van der Waals surface area contributed by atoms with Gasteiger partial charge >= 0.3 is 5.97 Å². The molecule has 126 valence electrons. The number of esters is 1. The van der Waals surface area contributed by atoms with Crippen molar-refractivity contribution >= 4 is 36.3 Å². The molecular weight excluding hydrogens is 332 g/mol. The lowest BCUT2D eigenvalue weighted by atomic mass is 10.2. The molecule has 5 nitrogen and oxygen atoms in total.